The lowest BCUT2D eigenvalue weighted by Crippen LogP contribution is -2.34. The van der Waals surface area contributed by atoms with Crippen LogP contribution in [0.5, 0.6) is 0 Å². The van der Waals surface area contributed by atoms with Crippen molar-refractivity contribution >= 4 is 27.1 Å². The highest BCUT2D eigenvalue weighted by Gasteiger charge is 2.31. The Balaban J connectivity index is 2.01. The molecule has 1 aromatic rings. The summed E-state index contributed by atoms with van der Waals surface area (Å²) in [6.07, 6.45) is 1.28. The molecule has 0 spiro atoms. The molecule has 1 aliphatic rings. The maximum absolute atomic E-state index is 12.1. The summed E-state index contributed by atoms with van der Waals surface area (Å²) in [6.45, 7) is 1.78. The molecule has 1 saturated heterocycles. The lowest BCUT2D eigenvalue weighted by Gasteiger charge is -2.09. The van der Waals surface area contributed by atoms with Gasteiger partial charge in [0.05, 0.1) is 20.8 Å². The molecular formula is C14H17NO4S2. The molecule has 2 N–H and O–H groups in total. The van der Waals surface area contributed by atoms with E-state index in [0.717, 1.165) is 10.4 Å². The molecule has 1 aliphatic heterocycles. The zero-order valence-corrected chi connectivity index (χ0v) is 13.3. The molecule has 5 nitrogen and oxygen atoms in total. The Morgan fingerprint density at radius 2 is 2.33 bits per heavy atom. The molecule has 1 fully saturated rings. The van der Waals surface area contributed by atoms with Crippen molar-refractivity contribution in [1.82, 2.24) is 5.32 Å². The second kappa shape index (κ2) is 6.60. The number of aliphatic hydroxyl groups excluding tert-OH is 1. The molecule has 0 bridgehead atoms. The van der Waals surface area contributed by atoms with E-state index in [1.54, 1.807) is 6.07 Å². The van der Waals surface area contributed by atoms with Gasteiger partial charge in [0.15, 0.2) is 9.84 Å². The first kappa shape index (κ1) is 16.0. The van der Waals surface area contributed by atoms with Crippen molar-refractivity contribution in [2.45, 2.75) is 25.0 Å². The Morgan fingerprint density at radius 3 is 2.95 bits per heavy atom. The number of rotatable bonds is 3. The SMILES string of the molecule is Cc1cc(C(=O)NCC2CCCS2(=O)=O)sc1C#CCO. The largest absolute Gasteiger partial charge is 0.384 e. The summed E-state index contributed by atoms with van der Waals surface area (Å²) in [4.78, 5) is 13.3. The first-order valence-corrected chi connectivity index (χ1v) is 9.17. The molecule has 114 valence electrons. The molecule has 0 aromatic carbocycles. The molecule has 1 atom stereocenters. The Bertz CT molecular complexity index is 694. The first-order chi connectivity index (χ1) is 9.94. The topological polar surface area (TPSA) is 83.5 Å². The maximum atomic E-state index is 12.1. The van der Waals surface area contributed by atoms with Crippen LogP contribution in [0.15, 0.2) is 6.07 Å². The van der Waals surface area contributed by atoms with Crippen molar-refractivity contribution < 1.29 is 18.3 Å². The fraction of sp³-hybridized carbons (Fsp3) is 0.500. The summed E-state index contributed by atoms with van der Waals surface area (Å²) in [5.74, 6) is 5.28. The lowest BCUT2D eigenvalue weighted by atomic mass is 10.2. The number of hydrogen-bond acceptors (Lipinski definition) is 5. The van der Waals surface area contributed by atoms with Crippen LogP contribution in [0.2, 0.25) is 0 Å². The lowest BCUT2D eigenvalue weighted by molar-refractivity contribution is 0.0957. The van der Waals surface area contributed by atoms with Crippen molar-refractivity contribution in [3.63, 3.8) is 0 Å². The van der Waals surface area contributed by atoms with Gasteiger partial charge in [-0.3, -0.25) is 4.79 Å². The van der Waals surface area contributed by atoms with Gasteiger partial charge in [0.25, 0.3) is 5.91 Å². The number of aryl methyl sites for hydroxylation is 1. The molecule has 1 aromatic heterocycles. The van der Waals surface area contributed by atoms with Crippen LogP contribution in [0, 0.1) is 18.8 Å². The van der Waals surface area contributed by atoms with Gasteiger partial charge in [-0.1, -0.05) is 11.8 Å². The average molecular weight is 327 g/mol. The molecule has 7 heteroatoms. The number of carbonyl (C=O) groups is 1. The third-order valence-electron chi connectivity index (χ3n) is 3.38. The quantitative estimate of drug-likeness (QED) is 0.801. The van der Waals surface area contributed by atoms with E-state index in [1.165, 1.54) is 11.3 Å². The Labute approximate surface area is 128 Å². The number of nitrogens with one attached hydrogen (secondary N) is 1. The first-order valence-electron chi connectivity index (χ1n) is 6.64. The van der Waals surface area contributed by atoms with Crippen LogP contribution in [0.4, 0.5) is 0 Å². The van der Waals surface area contributed by atoms with Crippen LogP contribution in [0.25, 0.3) is 0 Å². The molecule has 2 rings (SSSR count). The molecule has 0 saturated carbocycles. The van der Waals surface area contributed by atoms with Gasteiger partial charge in [0.1, 0.15) is 6.61 Å². The van der Waals surface area contributed by atoms with Crippen LogP contribution in [-0.2, 0) is 9.84 Å². The second-order valence-electron chi connectivity index (χ2n) is 4.92. The minimum Gasteiger partial charge on any atom is -0.384 e. The summed E-state index contributed by atoms with van der Waals surface area (Å²) >= 11 is 1.24. The Kier molecular flexibility index (Phi) is 5.04. The molecular weight excluding hydrogens is 310 g/mol. The second-order valence-corrected chi connectivity index (χ2v) is 8.38. The smallest absolute Gasteiger partial charge is 0.261 e. The number of sulfone groups is 1. The molecule has 1 amide bonds. The van der Waals surface area contributed by atoms with Crippen LogP contribution >= 0.6 is 11.3 Å². The molecule has 21 heavy (non-hydrogen) atoms. The van der Waals surface area contributed by atoms with Gasteiger partial charge < -0.3 is 10.4 Å². The predicted octanol–water partition coefficient (Wildman–Crippen LogP) is 0.707. The molecule has 0 aliphatic carbocycles. The van der Waals surface area contributed by atoms with Crippen LogP contribution in [-0.4, -0.2) is 43.6 Å². The molecule has 1 unspecified atom stereocenters. The predicted molar refractivity (Wildman–Crippen MR) is 82.2 cm³/mol. The van der Waals surface area contributed by atoms with E-state index in [4.69, 9.17) is 5.11 Å². The summed E-state index contributed by atoms with van der Waals surface area (Å²) < 4.78 is 23.4. The third-order valence-corrected chi connectivity index (χ3v) is 6.80. The minimum absolute atomic E-state index is 0.162. The van der Waals surface area contributed by atoms with Gasteiger partial charge in [0.2, 0.25) is 0 Å². The van der Waals surface area contributed by atoms with Crippen molar-refractivity contribution in [2.75, 3.05) is 18.9 Å². The van der Waals surface area contributed by atoms with Crippen LogP contribution in [0.1, 0.15) is 33.0 Å². The fourth-order valence-corrected chi connectivity index (χ4v) is 4.95. The maximum Gasteiger partial charge on any atom is 0.261 e. The van der Waals surface area contributed by atoms with Gasteiger partial charge >= 0.3 is 0 Å². The van der Waals surface area contributed by atoms with Crippen molar-refractivity contribution in [3.05, 3.63) is 21.4 Å². The van der Waals surface area contributed by atoms with E-state index >= 15 is 0 Å². The fourth-order valence-electron chi connectivity index (χ4n) is 2.22. The summed E-state index contributed by atoms with van der Waals surface area (Å²) in [6, 6.07) is 1.73. The number of amides is 1. The van der Waals surface area contributed by atoms with E-state index in [1.807, 2.05) is 6.92 Å². The van der Waals surface area contributed by atoms with E-state index in [-0.39, 0.29) is 24.8 Å². The third kappa shape index (κ3) is 3.84. The zero-order chi connectivity index (χ0) is 15.5. The Hall–Kier alpha value is -1.36. The van der Waals surface area contributed by atoms with Crippen molar-refractivity contribution in [2.24, 2.45) is 0 Å². The minimum atomic E-state index is -3.04. The van der Waals surface area contributed by atoms with Crippen molar-refractivity contribution in [3.8, 4) is 11.8 Å². The van der Waals surface area contributed by atoms with E-state index < -0.39 is 15.1 Å². The van der Waals surface area contributed by atoms with Gasteiger partial charge in [0, 0.05) is 6.54 Å². The number of aliphatic hydroxyl groups is 1. The van der Waals surface area contributed by atoms with Crippen molar-refractivity contribution in [1.29, 1.82) is 0 Å². The van der Waals surface area contributed by atoms with Gasteiger partial charge in [-0.05, 0) is 31.4 Å². The summed E-state index contributed by atoms with van der Waals surface area (Å²) in [5.41, 5.74) is 0.875. The zero-order valence-electron chi connectivity index (χ0n) is 11.7. The average Bonchev–Trinajstić information content (AvgIpc) is 2.96. The molecule has 2 heterocycles. The standard InChI is InChI=1S/C14H17NO4S2/c1-10-8-13(20-12(10)5-2-6-16)14(17)15-9-11-4-3-7-21(11,18)19/h8,11,16H,3-4,6-7,9H2,1H3,(H,15,17). The molecule has 0 radical (unpaired) electrons. The highest BCUT2D eigenvalue weighted by Crippen LogP contribution is 2.22. The van der Waals surface area contributed by atoms with Gasteiger partial charge in [-0.15, -0.1) is 11.3 Å². The summed E-state index contributed by atoms with van der Waals surface area (Å²) in [7, 11) is -3.04. The van der Waals surface area contributed by atoms with Crippen LogP contribution in [0.3, 0.4) is 0 Å². The Morgan fingerprint density at radius 1 is 1.57 bits per heavy atom. The van der Waals surface area contributed by atoms with E-state index in [9.17, 15) is 13.2 Å². The van der Waals surface area contributed by atoms with Gasteiger partial charge in [-0.2, -0.15) is 0 Å². The highest BCUT2D eigenvalue weighted by molar-refractivity contribution is 7.92. The normalized spacial score (nSPS) is 19.8. The van der Waals surface area contributed by atoms with Gasteiger partial charge in [-0.25, -0.2) is 8.42 Å². The number of hydrogen-bond donors (Lipinski definition) is 2. The highest BCUT2D eigenvalue weighted by atomic mass is 32.2. The van der Waals surface area contributed by atoms with E-state index in [2.05, 4.69) is 17.2 Å². The monoisotopic (exact) mass is 327 g/mol. The number of thiophene rings is 1. The van der Waals surface area contributed by atoms with Crippen LogP contribution < -0.4 is 5.32 Å². The number of carbonyl (C=O) groups excluding carboxylic acids is 1. The van der Waals surface area contributed by atoms with E-state index in [0.29, 0.717) is 17.7 Å². The summed E-state index contributed by atoms with van der Waals surface area (Å²) in [5, 5.41) is 10.9.